The van der Waals surface area contributed by atoms with Crippen molar-refractivity contribution in [3.63, 3.8) is 0 Å². The Hall–Kier alpha value is -2.53. The fraction of sp³-hybridized carbons (Fsp3) is 0.222. The van der Waals surface area contributed by atoms with Gasteiger partial charge in [0.2, 0.25) is 5.91 Å². The van der Waals surface area contributed by atoms with Crippen LogP contribution in [0.2, 0.25) is 5.02 Å². The van der Waals surface area contributed by atoms with Crippen molar-refractivity contribution in [3.05, 3.63) is 59.1 Å². The minimum absolute atomic E-state index is 0.0864. The SMILES string of the molecule is CN(CCOC=O)C(=O)Cc1ccccc1Oc1ccc(Cl)cc1. The first kappa shape index (κ1) is 17.8. The predicted molar refractivity (Wildman–Crippen MR) is 91.3 cm³/mol. The summed E-state index contributed by atoms with van der Waals surface area (Å²) in [6.07, 6.45) is 0.196. The van der Waals surface area contributed by atoms with Crippen LogP contribution >= 0.6 is 11.6 Å². The van der Waals surface area contributed by atoms with Gasteiger partial charge in [-0.25, -0.2) is 0 Å². The largest absolute Gasteiger partial charge is 0.466 e. The van der Waals surface area contributed by atoms with E-state index in [0.717, 1.165) is 5.56 Å². The molecule has 0 radical (unpaired) electrons. The van der Waals surface area contributed by atoms with Crippen LogP contribution in [0.3, 0.4) is 0 Å². The maximum atomic E-state index is 12.3. The molecule has 126 valence electrons. The first-order valence-electron chi connectivity index (χ1n) is 7.40. The van der Waals surface area contributed by atoms with Gasteiger partial charge in [0.1, 0.15) is 18.1 Å². The zero-order valence-corrected chi connectivity index (χ0v) is 14.0. The van der Waals surface area contributed by atoms with Gasteiger partial charge < -0.3 is 14.4 Å². The van der Waals surface area contributed by atoms with E-state index < -0.39 is 0 Å². The van der Waals surface area contributed by atoms with Crippen LogP contribution in [0.25, 0.3) is 0 Å². The number of ether oxygens (including phenoxy) is 2. The highest BCUT2D eigenvalue weighted by molar-refractivity contribution is 6.30. The Kier molecular flexibility index (Phi) is 6.63. The second-order valence-corrected chi connectivity index (χ2v) is 5.56. The van der Waals surface area contributed by atoms with E-state index in [0.29, 0.717) is 29.5 Å². The van der Waals surface area contributed by atoms with Crippen LogP contribution in [0.5, 0.6) is 11.5 Å². The maximum absolute atomic E-state index is 12.3. The molecule has 0 bridgehead atoms. The highest BCUT2D eigenvalue weighted by Crippen LogP contribution is 2.26. The third-order valence-corrected chi connectivity index (χ3v) is 3.65. The van der Waals surface area contributed by atoms with Crippen LogP contribution in [0.4, 0.5) is 0 Å². The van der Waals surface area contributed by atoms with E-state index in [-0.39, 0.29) is 18.9 Å². The van der Waals surface area contributed by atoms with Crippen molar-refractivity contribution >= 4 is 24.0 Å². The van der Waals surface area contributed by atoms with Gasteiger partial charge in [0.15, 0.2) is 0 Å². The van der Waals surface area contributed by atoms with Crippen molar-refractivity contribution in [2.45, 2.75) is 6.42 Å². The normalized spacial score (nSPS) is 10.1. The van der Waals surface area contributed by atoms with E-state index in [1.54, 1.807) is 31.3 Å². The molecule has 2 aromatic rings. The molecule has 2 rings (SSSR count). The average molecular weight is 348 g/mol. The molecule has 1 amide bonds. The zero-order chi connectivity index (χ0) is 17.4. The van der Waals surface area contributed by atoms with Crippen LogP contribution in [-0.4, -0.2) is 37.5 Å². The molecule has 6 heteroatoms. The van der Waals surface area contributed by atoms with Crippen LogP contribution in [0.15, 0.2) is 48.5 Å². The standard InChI is InChI=1S/C18H18ClNO4/c1-20(10-11-23-13-21)18(22)12-14-4-2-3-5-17(14)24-16-8-6-15(19)7-9-16/h2-9,13H,10-12H2,1H3. The number of para-hydroxylation sites is 1. The summed E-state index contributed by atoms with van der Waals surface area (Å²) in [6, 6.07) is 14.4. The van der Waals surface area contributed by atoms with Crippen molar-refractivity contribution in [2.24, 2.45) is 0 Å². The number of rotatable bonds is 8. The predicted octanol–water partition coefficient (Wildman–Crippen LogP) is 3.31. The number of halogens is 1. The molecular formula is C18H18ClNO4. The van der Waals surface area contributed by atoms with Gasteiger partial charge in [-0.1, -0.05) is 29.8 Å². The highest BCUT2D eigenvalue weighted by Gasteiger charge is 2.13. The Morgan fingerprint density at radius 2 is 1.88 bits per heavy atom. The number of amides is 1. The molecule has 0 aliphatic carbocycles. The molecule has 0 aromatic heterocycles. The Balaban J connectivity index is 2.04. The van der Waals surface area contributed by atoms with Gasteiger partial charge in [0.25, 0.3) is 6.47 Å². The molecular weight excluding hydrogens is 330 g/mol. The summed E-state index contributed by atoms with van der Waals surface area (Å²) in [5, 5.41) is 0.630. The van der Waals surface area contributed by atoms with E-state index in [2.05, 4.69) is 4.74 Å². The van der Waals surface area contributed by atoms with Crippen LogP contribution in [0, 0.1) is 0 Å². The maximum Gasteiger partial charge on any atom is 0.293 e. The van der Waals surface area contributed by atoms with Crippen molar-refractivity contribution < 1.29 is 19.1 Å². The van der Waals surface area contributed by atoms with E-state index in [4.69, 9.17) is 16.3 Å². The Morgan fingerprint density at radius 1 is 1.17 bits per heavy atom. The van der Waals surface area contributed by atoms with Gasteiger partial charge in [-0.15, -0.1) is 0 Å². The molecule has 0 aliphatic heterocycles. The lowest BCUT2D eigenvalue weighted by Gasteiger charge is -2.17. The van der Waals surface area contributed by atoms with E-state index in [1.165, 1.54) is 4.90 Å². The Morgan fingerprint density at radius 3 is 2.58 bits per heavy atom. The zero-order valence-electron chi connectivity index (χ0n) is 13.3. The van der Waals surface area contributed by atoms with Gasteiger partial charge in [-0.2, -0.15) is 0 Å². The number of nitrogens with zero attached hydrogens (tertiary/aromatic N) is 1. The van der Waals surface area contributed by atoms with Gasteiger partial charge >= 0.3 is 0 Å². The first-order chi connectivity index (χ1) is 11.6. The number of hydrogen-bond donors (Lipinski definition) is 0. The molecule has 0 saturated heterocycles. The lowest BCUT2D eigenvalue weighted by atomic mass is 10.1. The second-order valence-electron chi connectivity index (χ2n) is 5.12. The lowest BCUT2D eigenvalue weighted by molar-refractivity contribution is -0.134. The van der Waals surface area contributed by atoms with Crippen LogP contribution in [0.1, 0.15) is 5.56 Å². The monoisotopic (exact) mass is 347 g/mol. The molecule has 5 nitrogen and oxygen atoms in total. The number of benzene rings is 2. The molecule has 0 aliphatic rings. The minimum Gasteiger partial charge on any atom is -0.466 e. The Labute approximate surface area is 145 Å². The lowest BCUT2D eigenvalue weighted by Crippen LogP contribution is -2.31. The molecule has 0 atom stereocenters. The number of carbonyl (C=O) groups is 2. The first-order valence-corrected chi connectivity index (χ1v) is 7.78. The summed E-state index contributed by atoms with van der Waals surface area (Å²) in [4.78, 5) is 23.9. The molecule has 0 heterocycles. The van der Waals surface area contributed by atoms with Crippen molar-refractivity contribution in [2.75, 3.05) is 20.2 Å². The van der Waals surface area contributed by atoms with Gasteiger partial charge in [0, 0.05) is 17.6 Å². The molecule has 0 unspecified atom stereocenters. The van der Waals surface area contributed by atoms with Crippen molar-refractivity contribution in [1.29, 1.82) is 0 Å². The van der Waals surface area contributed by atoms with Crippen molar-refractivity contribution in [1.82, 2.24) is 4.90 Å². The fourth-order valence-electron chi connectivity index (χ4n) is 2.04. The highest BCUT2D eigenvalue weighted by atomic mass is 35.5. The number of hydrogen-bond acceptors (Lipinski definition) is 4. The summed E-state index contributed by atoms with van der Waals surface area (Å²) in [5.41, 5.74) is 0.778. The van der Waals surface area contributed by atoms with Crippen LogP contribution in [-0.2, 0) is 20.7 Å². The minimum atomic E-state index is -0.0864. The number of likely N-dealkylation sites (N-methyl/N-ethyl adjacent to an activating group) is 1. The second kappa shape index (κ2) is 8.93. The van der Waals surface area contributed by atoms with Gasteiger partial charge in [-0.3, -0.25) is 9.59 Å². The summed E-state index contributed by atoms with van der Waals surface area (Å²) < 4.78 is 10.5. The van der Waals surface area contributed by atoms with Gasteiger partial charge in [-0.05, 0) is 30.3 Å². The molecule has 0 spiro atoms. The summed E-state index contributed by atoms with van der Waals surface area (Å²) in [6.45, 7) is 0.889. The summed E-state index contributed by atoms with van der Waals surface area (Å²) in [7, 11) is 1.67. The fourth-order valence-corrected chi connectivity index (χ4v) is 2.17. The molecule has 2 aromatic carbocycles. The molecule has 0 fully saturated rings. The smallest absolute Gasteiger partial charge is 0.293 e. The third-order valence-electron chi connectivity index (χ3n) is 3.39. The van der Waals surface area contributed by atoms with Crippen molar-refractivity contribution in [3.8, 4) is 11.5 Å². The van der Waals surface area contributed by atoms with E-state index >= 15 is 0 Å². The average Bonchev–Trinajstić information content (AvgIpc) is 2.58. The molecule has 0 N–H and O–H groups in total. The molecule has 24 heavy (non-hydrogen) atoms. The van der Waals surface area contributed by atoms with E-state index in [1.807, 2.05) is 24.3 Å². The Bertz CT molecular complexity index is 688. The topological polar surface area (TPSA) is 55.8 Å². The molecule has 0 saturated carbocycles. The summed E-state index contributed by atoms with van der Waals surface area (Å²) in [5.74, 6) is 1.18. The number of carbonyl (C=O) groups excluding carboxylic acids is 2. The van der Waals surface area contributed by atoms with E-state index in [9.17, 15) is 9.59 Å². The van der Waals surface area contributed by atoms with Crippen LogP contribution < -0.4 is 4.74 Å². The quantitative estimate of drug-likeness (QED) is 0.543. The van der Waals surface area contributed by atoms with Gasteiger partial charge in [0.05, 0.1) is 13.0 Å². The third kappa shape index (κ3) is 5.28. The summed E-state index contributed by atoms with van der Waals surface area (Å²) >= 11 is 5.86.